The van der Waals surface area contributed by atoms with E-state index in [4.69, 9.17) is 9.47 Å². The molecule has 0 spiro atoms. The molecule has 0 saturated heterocycles. The fraction of sp³-hybridized carbons (Fsp3) is 0.385. The zero-order valence-corrected chi connectivity index (χ0v) is 18.8. The standard InChI is InChI=1S/C26H32O5/c1-5-25(2,3)24(29)31-19-26(4,17-27)18-30-23(28)16-13-20-11-14-22(15-12-20)21-9-7-6-8-10-21/h6-16,27H,5,17-19H2,1-4H3/b16-13+. The highest BCUT2D eigenvalue weighted by molar-refractivity contribution is 5.87. The minimum absolute atomic E-state index is 0.0241. The number of aliphatic hydroxyl groups is 1. The number of aliphatic hydroxyl groups excluding tert-OH is 1. The molecule has 0 aliphatic carbocycles. The molecule has 0 radical (unpaired) electrons. The van der Waals surface area contributed by atoms with Crippen LogP contribution in [0.3, 0.4) is 0 Å². The molecule has 166 valence electrons. The summed E-state index contributed by atoms with van der Waals surface area (Å²) in [4.78, 5) is 24.3. The molecule has 1 N–H and O–H groups in total. The van der Waals surface area contributed by atoms with Crippen molar-refractivity contribution >= 4 is 18.0 Å². The van der Waals surface area contributed by atoms with Crippen LogP contribution in [0.2, 0.25) is 0 Å². The molecule has 0 fully saturated rings. The zero-order valence-electron chi connectivity index (χ0n) is 18.8. The average Bonchev–Trinajstić information content (AvgIpc) is 2.80. The molecule has 0 bridgehead atoms. The van der Waals surface area contributed by atoms with Crippen LogP contribution in [0.25, 0.3) is 17.2 Å². The van der Waals surface area contributed by atoms with E-state index in [-0.39, 0.29) is 25.8 Å². The van der Waals surface area contributed by atoms with Crippen LogP contribution < -0.4 is 0 Å². The van der Waals surface area contributed by atoms with Crippen LogP contribution in [-0.4, -0.2) is 36.9 Å². The normalized spacial score (nSPS) is 13.6. The summed E-state index contributed by atoms with van der Waals surface area (Å²) in [7, 11) is 0. The summed E-state index contributed by atoms with van der Waals surface area (Å²) in [5.74, 6) is -0.855. The molecule has 0 heterocycles. The van der Waals surface area contributed by atoms with Gasteiger partial charge in [-0.25, -0.2) is 4.79 Å². The van der Waals surface area contributed by atoms with E-state index in [1.807, 2.05) is 75.4 Å². The minimum atomic E-state index is -0.861. The lowest BCUT2D eigenvalue weighted by molar-refractivity contribution is -0.161. The molecule has 5 nitrogen and oxygen atoms in total. The van der Waals surface area contributed by atoms with Gasteiger partial charge in [-0.15, -0.1) is 0 Å². The number of rotatable bonds is 10. The van der Waals surface area contributed by atoms with Crippen LogP contribution >= 0.6 is 0 Å². The van der Waals surface area contributed by atoms with Gasteiger partial charge in [0, 0.05) is 6.08 Å². The van der Waals surface area contributed by atoms with Gasteiger partial charge in [0.1, 0.15) is 13.2 Å². The number of carbonyl (C=O) groups is 2. The topological polar surface area (TPSA) is 72.8 Å². The van der Waals surface area contributed by atoms with Crippen molar-refractivity contribution in [2.24, 2.45) is 10.8 Å². The Morgan fingerprint density at radius 2 is 1.48 bits per heavy atom. The van der Waals surface area contributed by atoms with Gasteiger partial charge in [0.05, 0.1) is 17.4 Å². The van der Waals surface area contributed by atoms with Crippen molar-refractivity contribution in [3.05, 3.63) is 66.2 Å². The van der Waals surface area contributed by atoms with Gasteiger partial charge in [-0.2, -0.15) is 0 Å². The maximum atomic E-state index is 12.1. The zero-order chi connectivity index (χ0) is 22.9. The first-order valence-electron chi connectivity index (χ1n) is 10.5. The highest BCUT2D eigenvalue weighted by Gasteiger charge is 2.32. The lowest BCUT2D eigenvalue weighted by atomic mass is 9.90. The predicted molar refractivity (Wildman–Crippen MR) is 122 cm³/mol. The second-order valence-electron chi connectivity index (χ2n) is 8.71. The highest BCUT2D eigenvalue weighted by Crippen LogP contribution is 2.24. The van der Waals surface area contributed by atoms with Crippen LogP contribution in [0.5, 0.6) is 0 Å². The van der Waals surface area contributed by atoms with E-state index in [1.54, 1.807) is 13.0 Å². The van der Waals surface area contributed by atoms with Gasteiger partial charge in [-0.05, 0) is 43.0 Å². The Morgan fingerprint density at radius 1 is 0.903 bits per heavy atom. The minimum Gasteiger partial charge on any atom is -0.464 e. The molecule has 0 saturated carbocycles. The van der Waals surface area contributed by atoms with Gasteiger partial charge in [-0.3, -0.25) is 4.79 Å². The molecular weight excluding hydrogens is 392 g/mol. The molecule has 0 amide bonds. The molecule has 2 aromatic carbocycles. The monoisotopic (exact) mass is 424 g/mol. The van der Waals surface area contributed by atoms with Crippen LogP contribution in [0.15, 0.2) is 60.7 Å². The lowest BCUT2D eigenvalue weighted by Gasteiger charge is -2.28. The molecule has 0 aliphatic rings. The SMILES string of the molecule is CCC(C)(C)C(=O)OCC(C)(CO)COC(=O)/C=C/c1ccc(-c2ccccc2)cc1. The third-order valence-electron chi connectivity index (χ3n) is 5.36. The van der Waals surface area contributed by atoms with E-state index in [2.05, 4.69) is 0 Å². The summed E-state index contributed by atoms with van der Waals surface area (Å²) in [5.41, 5.74) is 1.65. The van der Waals surface area contributed by atoms with Crippen molar-refractivity contribution in [1.29, 1.82) is 0 Å². The van der Waals surface area contributed by atoms with E-state index in [0.29, 0.717) is 6.42 Å². The number of ether oxygens (including phenoxy) is 2. The second kappa shape index (κ2) is 10.9. The molecular formula is C26H32O5. The molecule has 0 aromatic heterocycles. The Hall–Kier alpha value is -2.92. The number of hydrogen-bond acceptors (Lipinski definition) is 5. The third-order valence-corrected chi connectivity index (χ3v) is 5.36. The Kier molecular flexibility index (Phi) is 8.57. The Morgan fingerprint density at radius 3 is 2.06 bits per heavy atom. The van der Waals surface area contributed by atoms with Crippen molar-refractivity contribution < 1.29 is 24.2 Å². The quantitative estimate of drug-likeness (QED) is 0.434. The summed E-state index contributed by atoms with van der Waals surface area (Å²) in [6.45, 7) is 6.88. The van der Waals surface area contributed by atoms with E-state index >= 15 is 0 Å². The maximum Gasteiger partial charge on any atom is 0.330 e. The largest absolute Gasteiger partial charge is 0.464 e. The van der Waals surface area contributed by atoms with Crippen molar-refractivity contribution in [3.8, 4) is 11.1 Å². The smallest absolute Gasteiger partial charge is 0.330 e. The Labute approximate surface area is 184 Å². The van der Waals surface area contributed by atoms with Crippen LogP contribution in [-0.2, 0) is 19.1 Å². The highest BCUT2D eigenvalue weighted by atomic mass is 16.5. The van der Waals surface area contributed by atoms with Gasteiger partial charge in [0.15, 0.2) is 0 Å². The van der Waals surface area contributed by atoms with E-state index in [9.17, 15) is 14.7 Å². The number of benzene rings is 2. The lowest BCUT2D eigenvalue weighted by Crippen LogP contribution is -2.37. The van der Waals surface area contributed by atoms with Crippen LogP contribution in [0, 0.1) is 10.8 Å². The number of hydrogen-bond donors (Lipinski definition) is 1. The van der Waals surface area contributed by atoms with Gasteiger partial charge >= 0.3 is 11.9 Å². The van der Waals surface area contributed by atoms with Gasteiger partial charge in [0.25, 0.3) is 0 Å². The van der Waals surface area contributed by atoms with Gasteiger partial charge < -0.3 is 14.6 Å². The maximum absolute atomic E-state index is 12.1. The number of esters is 2. The first kappa shape index (κ1) is 24.4. The molecule has 5 heteroatoms. The van der Waals surface area contributed by atoms with E-state index in [1.165, 1.54) is 6.08 Å². The van der Waals surface area contributed by atoms with Gasteiger partial charge in [-0.1, -0.05) is 68.4 Å². The molecule has 0 aliphatic heterocycles. The summed E-state index contributed by atoms with van der Waals surface area (Å²) in [5, 5.41) is 9.70. The first-order valence-corrected chi connectivity index (χ1v) is 10.5. The van der Waals surface area contributed by atoms with Crippen LogP contribution in [0.4, 0.5) is 0 Å². The average molecular weight is 425 g/mol. The molecule has 31 heavy (non-hydrogen) atoms. The Bertz CT molecular complexity index is 884. The molecule has 1 unspecified atom stereocenters. The molecule has 2 rings (SSSR count). The number of carbonyl (C=O) groups excluding carboxylic acids is 2. The van der Waals surface area contributed by atoms with Crippen molar-refractivity contribution in [2.45, 2.75) is 34.1 Å². The van der Waals surface area contributed by atoms with Gasteiger partial charge in [0.2, 0.25) is 0 Å². The van der Waals surface area contributed by atoms with E-state index in [0.717, 1.165) is 16.7 Å². The summed E-state index contributed by atoms with van der Waals surface area (Å²) >= 11 is 0. The summed E-state index contributed by atoms with van der Waals surface area (Å²) < 4.78 is 10.6. The van der Waals surface area contributed by atoms with Crippen molar-refractivity contribution in [2.75, 3.05) is 19.8 Å². The second-order valence-corrected chi connectivity index (χ2v) is 8.71. The fourth-order valence-corrected chi connectivity index (χ4v) is 2.59. The molecule has 1 atom stereocenters. The predicted octanol–water partition coefficient (Wildman–Crippen LogP) is 4.89. The van der Waals surface area contributed by atoms with Crippen molar-refractivity contribution in [3.63, 3.8) is 0 Å². The first-order chi connectivity index (χ1) is 14.7. The van der Waals surface area contributed by atoms with E-state index < -0.39 is 16.8 Å². The van der Waals surface area contributed by atoms with Crippen LogP contribution in [0.1, 0.15) is 39.7 Å². The third kappa shape index (κ3) is 7.37. The fourth-order valence-electron chi connectivity index (χ4n) is 2.59. The Balaban J connectivity index is 1.88. The molecule has 2 aromatic rings. The summed E-state index contributed by atoms with van der Waals surface area (Å²) in [6.07, 6.45) is 3.67. The van der Waals surface area contributed by atoms with Crippen molar-refractivity contribution in [1.82, 2.24) is 0 Å². The summed E-state index contributed by atoms with van der Waals surface area (Å²) in [6, 6.07) is 17.9.